The van der Waals surface area contributed by atoms with Gasteiger partial charge in [0.15, 0.2) is 0 Å². The fraction of sp³-hybridized carbons (Fsp3) is 0.364. The Morgan fingerprint density at radius 2 is 1.89 bits per heavy atom. The quantitative estimate of drug-likeness (QED) is 0.691. The summed E-state index contributed by atoms with van der Waals surface area (Å²) in [5, 5.41) is 2.86. The van der Waals surface area contributed by atoms with Crippen molar-refractivity contribution in [2.24, 2.45) is 5.73 Å². The van der Waals surface area contributed by atoms with E-state index in [4.69, 9.17) is 5.73 Å². The fourth-order valence-electron chi connectivity index (χ4n) is 1.32. The summed E-state index contributed by atoms with van der Waals surface area (Å²) in [5.41, 5.74) is 5.75. The summed E-state index contributed by atoms with van der Waals surface area (Å²) >= 11 is 0. The molecule has 0 heterocycles. The van der Waals surface area contributed by atoms with Crippen molar-refractivity contribution in [3.63, 3.8) is 0 Å². The first-order valence-electron chi connectivity index (χ1n) is 5.52. The van der Waals surface area contributed by atoms with E-state index in [1.165, 1.54) is 12.1 Å². The highest BCUT2D eigenvalue weighted by atomic mass is 32.2. The number of benzene rings is 1. The zero-order valence-electron chi connectivity index (χ0n) is 10.3. The number of amides is 1. The molecule has 0 aliphatic rings. The van der Waals surface area contributed by atoms with Crippen LogP contribution in [0.5, 0.6) is 0 Å². The molecule has 1 aromatic rings. The van der Waals surface area contributed by atoms with Crippen LogP contribution in [0.2, 0.25) is 0 Å². The fourth-order valence-corrected chi connectivity index (χ4v) is 2.37. The van der Waals surface area contributed by atoms with Crippen LogP contribution < -0.4 is 15.8 Å². The second-order valence-corrected chi connectivity index (χ2v) is 5.56. The van der Waals surface area contributed by atoms with Gasteiger partial charge in [0.1, 0.15) is 6.04 Å². The minimum Gasteiger partial charge on any atom is -0.374 e. The number of anilines is 1. The lowest BCUT2D eigenvalue weighted by Gasteiger charge is -2.12. The highest BCUT2D eigenvalue weighted by Crippen LogP contribution is 2.14. The maximum absolute atomic E-state index is 11.7. The molecule has 1 aromatic carbocycles. The second kappa shape index (κ2) is 5.83. The van der Waals surface area contributed by atoms with E-state index >= 15 is 0 Å². The van der Waals surface area contributed by atoms with Crippen LogP contribution in [-0.4, -0.2) is 26.9 Å². The molecule has 1 rings (SSSR count). The molecule has 0 fully saturated rings. The van der Waals surface area contributed by atoms with Crippen LogP contribution in [0.15, 0.2) is 29.2 Å². The maximum atomic E-state index is 11.7. The number of carbonyl (C=O) groups excluding carboxylic acids is 1. The van der Waals surface area contributed by atoms with Gasteiger partial charge in [-0.25, -0.2) is 13.1 Å². The van der Waals surface area contributed by atoms with Crippen molar-refractivity contribution < 1.29 is 13.2 Å². The summed E-state index contributed by atoms with van der Waals surface area (Å²) in [4.78, 5) is 11.1. The Morgan fingerprint density at radius 3 is 2.33 bits per heavy atom. The Bertz CT molecular complexity index is 511. The van der Waals surface area contributed by atoms with E-state index in [0.717, 1.165) is 0 Å². The number of rotatable bonds is 6. The van der Waals surface area contributed by atoms with E-state index in [1.54, 1.807) is 26.0 Å². The lowest BCUT2D eigenvalue weighted by Crippen LogP contribution is -2.32. The lowest BCUT2D eigenvalue weighted by molar-refractivity contribution is -0.118. The molecule has 6 nitrogen and oxygen atoms in total. The molecule has 1 unspecified atom stereocenters. The molecule has 7 heteroatoms. The summed E-state index contributed by atoms with van der Waals surface area (Å²) in [7, 11) is -3.44. The molecule has 1 atom stereocenters. The number of primary amides is 1. The molecular formula is C11H17N3O3S. The van der Waals surface area contributed by atoms with Gasteiger partial charge in [-0.2, -0.15) is 0 Å². The number of nitrogens with two attached hydrogens (primary N) is 1. The van der Waals surface area contributed by atoms with E-state index in [9.17, 15) is 13.2 Å². The van der Waals surface area contributed by atoms with Gasteiger partial charge in [0, 0.05) is 12.2 Å². The van der Waals surface area contributed by atoms with Crippen LogP contribution in [0.3, 0.4) is 0 Å². The minimum atomic E-state index is -3.44. The van der Waals surface area contributed by atoms with Crippen molar-refractivity contribution in [1.29, 1.82) is 0 Å². The van der Waals surface area contributed by atoms with E-state index in [2.05, 4.69) is 10.0 Å². The Hall–Kier alpha value is -1.60. The van der Waals surface area contributed by atoms with Crippen molar-refractivity contribution in [1.82, 2.24) is 4.72 Å². The predicted octanol–water partition coefficient (Wildman–Crippen LogP) is 0.271. The molecule has 0 spiro atoms. The first kappa shape index (κ1) is 14.5. The number of carbonyl (C=O) groups is 1. The lowest BCUT2D eigenvalue weighted by atomic mass is 10.2. The highest BCUT2D eigenvalue weighted by molar-refractivity contribution is 7.89. The van der Waals surface area contributed by atoms with Gasteiger partial charge in [0.05, 0.1) is 4.90 Å². The summed E-state index contributed by atoms with van der Waals surface area (Å²) in [5.74, 6) is -0.473. The van der Waals surface area contributed by atoms with E-state index < -0.39 is 22.0 Å². The summed E-state index contributed by atoms with van der Waals surface area (Å²) in [6.45, 7) is 3.68. The average Bonchev–Trinajstić information content (AvgIpc) is 2.29. The molecule has 0 aliphatic carbocycles. The number of hydrogen-bond donors (Lipinski definition) is 3. The molecule has 0 saturated carbocycles. The largest absolute Gasteiger partial charge is 0.374 e. The molecule has 0 bridgehead atoms. The van der Waals surface area contributed by atoms with Crippen LogP contribution in [0.25, 0.3) is 0 Å². The van der Waals surface area contributed by atoms with Gasteiger partial charge in [0.2, 0.25) is 15.9 Å². The van der Waals surface area contributed by atoms with Crippen molar-refractivity contribution >= 4 is 21.6 Å². The van der Waals surface area contributed by atoms with Crippen molar-refractivity contribution in [2.45, 2.75) is 24.8 Å². The molecule has 18 heavy (non-hydrogen) atoms. The van der Waals surface area contributed by atoms with Crippen LogP contribution in [0.4, 0.5) is 5.69 Å². The van der Waals surface area contributed by atoms with Gasteiger partial charge < -0.3 is 11.1 Å². The molecule has 1 amide bonds. The third-order valence-corrected chi connectivity index (χ3v) is 3.87. The zero-order chi connectivity index (χ0) is 13.8. The van der Waals surface area contributed by atoms with E-state index in [0.29, 0.717) is 12.2 Å². The molecule has 100 valence electrons. The number of nitrogens with one attached hydrogen (secondary N) is 2. The van der Waals surface area contributed by atoms with Crippen molar-refractivity contribution in [3.05, 3.63) is 24.3 Å². The monoisotopic (exact) mass is 271 g/mol. The smallest absolute Gasteiger partial charge is 0.240 e. The van der Waals surface area contributed by atoms with E-state index in [-0.39, 0.29) is 4.90 Å². The third-order valence-electron chi connectivity index (χ3n) is 2.31. The molecule has 0 aliphatic heterocycles. The molecular weight excluding hydrogens is 254 g/mol. The molecule has 0 saturated heterocycles. The topological polar surface area (TPSA) is 101 Å². The Labute approximate surface area is 107 Å². The summed E-state index contributed by atoms with van der Waals surface area (Å²) in [6, 6.07) is 5.59. The average molecular weight is 271 g/mol. The normalized spacial score (nSPS) is 13.0. The van der Waals surface area contributed by atoms with Crippen LogP contribution in [0, 0.1) is 0 Å². The minimum absolute atomic E-state index is 0.182. The Morgan fingerprint density at radius 1 is 1.33 bits per heavy atom. The number of hydrogen-bond acceptors (Lipinski definition) is 4. The van der Waals surface area contributed by atoms with Crippen molar-refractivity contribution in [2.75, 3.05) is 11.9 Å². The zero-order valence-corrected chi connectivity index (χ0v) is 11.1. The summed E-state index contributed by atoms with van der Waals surface area (Å²) < 4.78 is 25.7. The van der Waals surface area contributed by atoms with Crippen LogP contribution in [0.1, 0.15) is 13.8 Å². The summed E-state index contributed by atoms with van der Waals surface area (Å²) in [6.07, 6.45) is 0. The van der Waals surface area contributed by atoms with Gasteiger partial charge >= 0.3 is 0 Å². The highest BCUT2D eigenvalue weighted by Gasteiger charge is 2.13. The predicted molar refractivity (Wildman–Crippen MR) is 69.6 cm³/mol. The maximum Gasteiger partial charge on any atom is 0.240 e. The molecule has 0 aromatic heterocycles. The molecule has 4 N–H and O–H groups in total. The van der Waals surface area contributed by atoms with E-state index in [1.807, 2.05) is 0 Å². The van der Waals surface area contributed by atoms with Gasteiger partial charge in [-0.1, -0.05) is 6.92 Å². The van der Waals surface area contributed by atoms with Gasteiger partial charge in [0.25, 0.3) is 0 Å². The Balaban J connectivity index is 2.84. The second-order valence-electron chi connectivity index (χ2n) is 3.79. The standard InChI is InChI=1S/C11H17N3O3S/c1-3-13-18(16,17)10-6-4-9(5-7-10)14-8(2)11(12)15/h4-8,13-14H,3H2,1-2H3,(H2,12,15). The third kappa shape index (κ3) is 3.71. The SMILES string of the molecule is CCNS(=O)(=O)c1ccc(NC(C)C(N)=O)cc1. The van der Waals surface area contributed by atoms with Gasteiger partial charge in [-0.3, -0.25) is 4.79 Å². The van der Waals surface area contributed by atoms with Crippen LogP contribution in [-0.2, 0) is 14.8 Å². The van der Waals surface area contributed by atoms with Crippen LogP contribution >= 0.6 is 0 Å². The Kier molecular flexibility index (Phi) is 4.69. The van der Waals surface area contributed by atoms with Crippen molar-refractivity contribution in [3.8, 4) is 0 Å². The molecule has 0 radical (unpaired) electrons. The van der Waals surface area contributed by atoms with Gasteiger partial charge in [-0.15, -0.1) is 0 Å². The van der Waals surface area contributed by atoms with Gasteiger partial charge in [-0.05, 0) is 31.2 Å². The first-order valence-corrected chi connectivity index (χ1v) is 7.00. The first-order chi connectivity index (χ1) is 8.36. The number of sulfonamides is 1.